The number of nitrogens with zero attached hydrogens (tertiary/aromatic N) is 1. The summed E-state index contributed by atoms with van der Waals surface area (Å²) >= 11 is 0. The van der Waals surface area contributed by atoms with Crippen LogP contribution in [0, 0.1) is 5.41 Å². The van der Waals surface area contributed by atoms with E-state index in [1.165, 1.54) is 12.1 Å². The number of anilines is 1. The van der Waals surface area contributed by atoms with Gasteiger partial charge in [0.05, 0.1) is 17.4 Å². The van der Waals surface area contributed by atoms with Crippen molar-refractivity contribution in [2.45, 2.75) is 63.6 Å². The predicted octanol–water partition coefficient (Wildman–Crippen LogP) is 4.23. The zero-order chi connectivity index (χ0) is 18.3. The van der Waals surface area contributed by atoms with Crippen LogP contribution in [0.25, 0.3) is 0 Å². The summed E-state index contributed by atoms with van der Waals surface area (Å²) < 4.78 is 37.4. The number of carbonyl (C=O) groups excluding carboxylic acids is 1. The van der Waals surface area contributed by atoms with E-state index in [-0.39, 0.29) is 11.5 Å². The van der Waals surface area contributed by atoms with Crippen LogP contribution >= 0.6 is 0 Å². The third-order valence-electron chi connectivity index (χ3n) is 5.96. The maximum atomic E-state index is 13.0. The lowest BCUT2D eigenvalue weighted by molar-refractivity contribution is -0.131. The van der Waals surface area contributed by atoms with Gasteiger partial charge in [0, 0.05) is 12.2 Å². The zero-order valence-electron chi connectivity index (χ0n) is 14.4. The van der Waals surface area contributed by atoms with Crippen LogP contribution in [-0.2, 0) is 11.2 Å². The molecule has 0 radical (unpaired) electrons. The van der Waals surface area contributed by atoms with Crippen molar-refractivity contribution in [2.75, 3.05) is 11.4 Å². The number of alkyl halides is 3. The van der Waals surface area contributed by atoms with Gasteiger partial charge in [-0.3, -0.25) is 4.79 Å². The molecule has 1 aromatic carbocycles. The fraction of sp³-hybridized carbons (Fsp3) is 0.632. The van der Waals surface area contributed by atoms with Crippen LogP contribution in [-0.4, -0.2) is 29.3 Å². The molecule has 1 spiro atoms. The van der Waals surface area contributed by atoms with Crippen LogP contribution < -0.4 is 4.90 Å². The minimum absolute atomic E-state index is 0.0502. The molecule has 2 aliphatic rings. The molecule has 1 N–H and O–H groups in total. The third-order valence-corrected chi connectivity index (χ3v) is 5.96. The highest BCUT2D eigenvalue weighted by Crippen LogP contribution is 2.49. The quantitative estimate of drug-likeness (QED) is 0.881. The number of hydrogen-bond donors (Lipinski definition) is 1. The first kappa shape index (κ1) is 18.2. The highest BCUT2D eigenvalue weighted by Gasteiger charge is 2.51. The first-order valence-electron chi connectivity index (χ1n) is 8.87. The standard InChI is InChI=1S/C19H24F3NO2/c1-2-18(25)9-7-17(8-10-18)11-12-23(16(17)24)15-5-3-14(4-6-15)13-19(20,21)22/h3-6,25H,2,7-13H2,1H3/t17-,18+. The predicted molar refractivity (Wildman–Crippen MR) is 89.3 cm³/mol. The maximum Gasteiger partial charge on any atom is 0.393 e. The van der Waals surface area contributed by atoms with E-state index < -0.39 is 23.6 Å². The molecule has 1 amide bonds. The van der Waals surface area contributed by atoms with E-state index in [1.54, 1.807) is 17.0 Å². The summed E-state index contributed by atoms with van der Waals surface area (Å²) in [5, 5.41) is 10.4. The average Bonchev–Trinajstić information content (AvgIpc) is 2.87. The molecule has 1 saturated carbocycles. The molecular weight excluding hydrogens is 331 g/mol. The lowest BCUT2D eigenvalue weighted by Crippen LogP contribution is -2.43. The molecule has 0 unspecified atom stereocenters. The molecule has 3 rings (SSSR count). The number of benzene rings is 1. The van der Waals surface area contributed by atoms with Crippen LogP contribution in [0.5, 0.6) is 0 Å². The van der Waals surface area contributed by atoms with Crippen LogP contribution in [0.1, 0.15) is 51.0 Å². The van der Waals surface area contributed by atoms with E-state index in [2.05, 4.69) is 0 Å². The first-order valence-corrected chi connectivity index (χ1v) is 8.87. The molecule has 1 aromatic rings. The van der Waals surface area contributed by atoms with Gasteiger partial charge < -0.3 is 10.0 Å². The molecule has 3 nitrogen and oxygen atoms in total. The Morgan fingerprint density at radius 2 is 1.68 bits per heavy atom. The van der Waals surface area contributed by atoms with Gasteiger partial charge in [-0.25, -0.2) is 0 Å². The average molecular weight is 355 g/mol. The SMILES string of the molecule is CC[C@]1(O)CC[C@]2(CCN(c3ccc(CC(F)(F)F)cc3)C2=O)CC1. The smallest absolute Gasteiger partial charge is 0.390 e. The summed E-state index contributed by atoms with van der Waals surface area (Å²) in [6.07, 6.45) is -1.12. The molecule has 1 heterocycles. The second kappa shape index (κ2) is 6.31. The number of carbonyl (C=O) groups is 1. The molecule has 1 aliphatic heterocycles. The number of hydrogen-bond acceptors (Lipinski definition) is 2. The molecule has 0 aromatic heterocycles. The fourth-order valence-electron chi connectivity index (χ4n) is 4.10. The van der Waals surface area contributed by atoms with Gasteiger partial charge in [-0.05, 0) is 56.2 Å². The maximum absolute atomic E-state index is 13.0. The van der Waals surface area contributed by atoms with E-state index >= 15 is 0 Å². The Morgan fingerprint density at radius 1 is 1.08 bits per heavy atom. The van der Waals surface area contributed by atoms with Crippen molar-refractivity contribution in [3.8, 4) is 0 Å². The minimum atomic E-state index is -4.23. The Kier molecular flexibility index (Phi) is 4.60. The first-order chi connectivity index (χ1) is 11.7. The van der Waals surface area contributed by atoms with Crippen molar-refractivity contribution < 1.29 is 23.1 Å². The van der Waals surface area contributed by atoms with Crippen molar-refractivity contribution in [2.24, 2.45) is 5.41 Å². The number of halogens is 3. The Morgan fingerprint density at radius 3 is 2.20 bits per heavy atom. The van der Waals surface area contributed by atoms with Crippen molar-refractivity contribution >= 4 is 11.6 Å². The van der Waals surface area contributed by atoms with Crippen LogP contribution in [0.2, 0.25) is 0 Å². The Labute approximate surface area is 145 Å². The molecule has 138 valence electrons. The second-order valence-electron chi connectivity index (χ2n) is 7.52. The topological polar surface area (TPSA) is 40.5 Å². The highest BCUT2D eigenvalue weighted by molar-refractivity contribution is 6.00. The van der Waals surface area contributed by atoms with Gasteiger partial charge in [0.25, 0.3) is 0 Å². The van der Waals surface area contributed by atoms with Crippen molar-refractivity contribution in [3.05, 3.63) is 29.8 Å². The molecule has 6 heteroatoms. The molecule has 2 fully saturated rings. The van der Waals surface area contributed by atoms with E-state index in [0.717, 1.165) is 6.42 Å². The monoisotopic (exact) mass is 355 g/mol. The number of aliphatic hydroxyl groups is 1. The normalized spacial score (nSPS) is 30.3. The molecule has 1 aliphatic carbocycles. The van der Waals surface area contributed by atoms with Gasteiger partial charge in [-0.1, -0.05) is 19.1 Å². The van der Waals surface area contributed by atoms with Gasteiger partial charge in [-0.2, -0.15) is 13.2 Å². The van der Waals surface area contributed by atoms with Gasteiger partial charge >= 0.3 is 6.18 Å². The largest absolute Gasteiger partial charge is 0.393 e. The Balaban J connectivity index is 1.70. The molecular formula is C19H24F3NO2. The van der Waals surface area contributed by atoms with Crippen LogP contribution in [0.4, 0.5) is 18.9 Å². The highest BCUT2D eigenvalue weighted by atomic mass is 19.4. The van der Waals surface area contributed by atoms with E-state index in [4.69, 9.17) is 0 Å². The Hall–Kier alpha value is -1.56. The molecule has 1 saturated heterocycles. The van der Waals surface area contributed by atoms with E-state index in [9.17, 15) is 23.1 Å². The van der Waals surface area contributed by atoms with Crippen molar-refractivity contribution in [1.29, 1.82) is 0 Å². The summed E-state index contributed by atoms with van der Waals surface area (Å²) in [5.41, 5.74) is -0.211. The fourth-order valence-corrected chi connectivity index (χ4v) is 4.10. The lowest BCUT2D eigenvalue weighted by atomic mass is 9.67. The molecule has 0 bridgehead atoms. The molecule has 0 atom stereocenters. The van der Waals surface area contributed by atoms with Crippen LogP contribution in [0.3, 0.4) is 0 Å². The van der Waals surface area contributed by atoms with Crippen molar-refractivity contribution in [1.82, 2.24) is 0 Å². The van der Waals surface area contributed by atoms with Gasteiger partial charge in [-0.15, -0.1) is 0 Å². The van der Waals surface area contributed by atoms with Crippen LogP contribution in [0.15, 0.2) is 24.3 Å². The summed E-state index contributed by atoms with van der Waals surface area (Å²) in [4.78, 5) is 14.6. The van der Waals surface area contributed by atoms with E-state index in [1.807, 2.05) is 6.92 Å². The van der Waals surface area contributed by atoms with E-state index in [0.29, 0.717) is 44.3 Å². The third kappa shape index (κ3) is 3.68. The Bertz CT molecular complexity index is 631. The summed E-state index contributed by atoms with van der Waals surface area (Å²) in [6, 6.07) is 6.09. The minimum Gasteiger partial charge on any atom is -0.390 e. The molecule has 25 heavy (non-hydrogen) atoms. The van der Waals surface area contributed by atoms with Gasteiger partial charge in [0.15, 0.2) is 0 Å². The van der Waals surface area contributed by atoms with Crippen molar-refractivity contribution in [3.63, 3.8) is 0 Å². The summed E-state index contributed by atoms with van der Waals surface area (Å²) in [5.74, 6) is 0.0502. The van der Waals surface area contributed by atoms with Gasteiger partial charge in [0.2, 0.25) is 5.91 Å². The van der Waals surface area contributed by atoms with Gasteiger partial charge in [0.1, 0.15) is 0 Å². The summed E-state index contributed by atoms with van der Waals surface area (Å²) in [6.45, 7) is 2.55. The summed E-state index contributed by atoms with van der Waals surface area (Å²) in [7, 11) is 0. The number of rotatable bonds is 3. The zero-order valence-corrected chi connectivity index (χ0v) is 14.4. The number of amides is 1. The lowest BCUT2D eigenvalue weighted by Gasteiger charge is -2.40. The second-order valence-corrected chi connectivity index (χ2v) is 7.52.